The van der Waals surface area contributed by atoms with E-state index in [2.05, 4.69) is 19.2 Å². The minimum atomic E-state index is 0.344. The number of benzene rings is 1. The van der Waals surface area contributed by atoms with Crippen molar-refractivity contribution in [2.24, 2.45) is 17.6 Å². The third-order valence-corrected chi connectivity index (χ3v) is 4.83. The van der Waals surface area contributed by atoms with Crippen LogP contribution in [0.5, 0.6) is 0 Å². The summed E-state index contributed by atoms with van der Waals surface area (Å²) < 4.78 is 0. The van der Waals surface area contributed by atoms with E-state index in [1.807, 2.05) is 18.2 Å². The average molecular weight is 297 g/mol. The number of nitrogens with one attached hydrogen (secondary N) is 1. The number of thiocarbonyl (C=S) groups is 1. The topological polar surface area (TPSA) is 38.0 Å². The van der Waals surface area contributed by atoms with Crippen LogP contribution in [0.2, 0.25) is 5.02 Å². The molecule has 4 heteroatoms. The molecule has 1 aliphatic rings. The maximum absolute atomic E-state index is 6.20. The van der Waals surface area contributed by atoms with Crippen LogP contribution >= 0.6 is 23.8 Å². The number of hydrogen-bond acceptors (Lipinski definition) is 2. The molecule has 19 heavy (non-hydrogen) atoms. The molecule has 1 aliphatic carbocycles. The summed E-state index contributed by atoms with van der Waals surface area (Å²) in [6.07, 6.45) is 3.85. The Morgan fingerprint density at radius 3 is 2.74 bits per heavy atom. The van der Waals surface area contributed by atoms with Crippen LogP contribution < -0.4 is 11.1 Å². The molecule has 0 spiro atoms. The minimum Gasteiger partial charge on any atom is -0.389 e. The van der Waals surface area contributed by atoms with Crippen molar-refractivity contribution in [3.8, 4) is 0 Å². The van der Waals surface area contributed by atoms with Crippen LogP contribution in [0.15, 0.2) is 18.2 Å². The standard InChI is InChI=1S/C15H21ClN2S/c1-9-4-3-5-14(10(9)2)18-11-6-7-12(15(17)19)13(16)8-11/h6-10,14,18H,3-5H2,1-2H3,(H2,17,19). The molecule has 0 amide bonds. The van der Waals surface area contributed by atoms with Crippen molar-refractivity contribution >= 4 is 34.5 Å². The molecular formula is C15H21ClN2S. The zero-order chi connectivity index (χ0) is 14.0. The normalized spacial score (nSPS) is 27.0. The summed E-state index contributed by atoms with van der Waals surface area (Å²) in [5, 5.41) is 4.22. The van der Waals surface area contributed by atoms with Crippen LogP contribution in [0.3, 0.4) is 0 Å². The van der Waals surface area contributed by atoms with E-state index >= 15 is 0 Å². The van der Waals surface area contributed by atoms with Gasteiger partial charge in [0.25, 0.3) is 0 Å². The highest BCUT2D eigenvalue weighted by Gasteiger charge is 2.26. The molecule has 3 atom stereocenters. The minimum absolute atomic E-state index is 0.344. The third-order valence-electron chi connectivity index (χ3n) is 4.29. The number of hydrogen-bond donors (Lipinski definition) is 2. The van der Waals surface area contributed by atoms with Gasteiger partial charge in [-0.15, -0.1) is 0 Å². The fourth-order valence-corrected chi connectivity index (χ4v) is 3.32. The molecular weight excluding hydrogens is 276 g/mol. The van der Waals surface area contributed by atoms with Crippen molar-refractivity contribution in [1.29, 1.82) is 0 Å². The van der Waals surface area contributed by atoms with Crippen LogP contribution in [-0.4, -0.2) is 11.0 Å². The molecule has 1 aromatic rings. The van der Waals surface area contributed by atoms with Gasteiger partial charge in [-0.2, -0.15) is 0 Å². The highest BCUT2D eigenvalue weighted by Crippen LogP contribution is 2.32. The summed E-state index contributed by atoms with van der Waals surface area (Å²) in [4.78, 5) is 0.344. The van der Waals surface area contributed by atoms with Gasteiger partial charge < -0.3 is 11.1 Å². The Morgan fingerprint density at radius 2 is 2.11 bits per heavy atom. The molecule has 3 N–H and O–H groups in total. The summed E-state index contributed by atoms with van der Waals surface area (Å²) in [6, 6.07) is 6.34. The van der Waals surface area contributed by atoms with E-state index in [1.54, 1.807) is 0 Å². The molecule has 0 bridgehead atoms. The summed E-state index contributed by atoms with van der Waals surface area (Å²) in [6.45, 7) is 4.66. The SMILES string of the molecule is CC1CCCC(Nc2ccc(C(N)=S)c(Cl)c2)C1C. The van der Waals surface area contributed by atoms with Crippen molar-refractivity contribution in [2.75, 3.05) is 5.32 Å². The second-order valence-electron chi connectivity index (χ2n) is 5.58. The van der Waals surface area contributed by atoms with E-state index in [1.165, 1.54) is 19.3 Å². The summed E-state index contributed by atoms with van der Waals surface area (Å²) in [5.41, 5.74) is 7.41. The third kappa shape index (κ3) is 3.40. The lowest BCUT2D eigenvalue weighted by molar-refractivity contribution is 0.253. The molecule has 1 fully saturated rings. The van der Waals surface area contributed by atoms with Gasteiger partial charge in [-0.3, -0.25) is 0 Å². The Labute approximate surface area is 125 Å². The summed E-state index contributed by atoms with van der Waals surface area (Å²) in [5.74, 6) is 1.46. The fourth-order valence-electron chi connectivity index (χ4n) is 2.80. The highest BCUT2D eigenvalue weighted by atomic mass is 35.5. The van der Waals surface area contributed by atoms with Crippen LogP contribution in [-0.2, 0) is 0 Å². The maximum atomic E-state index is 6.20. The number of nitrogens with two attached hydrogens (primary N) is 1. The zero-order valence-electron chi connectivity index (χ0n) is 11.4. The quantitative estimate of drug-likeness (QED) is 0.821. The monoisotopic (exact) mass is 296 g/mol. The number of anilines is 1. The fraction of sp³-hybridized carbons (Fsp3) is 0.533. The van der Waals surface area contributed by atoms with Crippen molar-refractivity contribution in [1.82, 2.24) is 0 Å². The lowest BCUT2D eigenvalue weighted by Gasteiger charge is -2.35. The van der Waals surface area contributed by atoms with Gasteiger partial charge in [0.15, 0.2) is 0 Å². The lowest BCUT2D eigenvalue weighted by Crippen LogP contribution is -2.35. The van der Waals surface area contributed by atoms with Gasteiger partial charge in [-0.25, -0.2) is 0 Å². The van der Waals surface area contributed by atoms with Crippen LogP contribution in [0.4, 0.5) is 5.69 Å². The van der Waals surface area contributed by atoms with Crippen molar-refractivity contribution in [3.63, 3.8) is 0 Å². The largest absolute Gasteiger partial charge is 0.389 e. The second-order valence-corrected chi connectivity index (χ2v) is 6.42. The predicted molar refractivity (Wildman–Crippen MR) is 86.9 cm³/mol. The van der Waals surface area contributed by atoms with Crippen LogP contribution in [0, 0.1) is 11.8 Å². The Bertz CT molecular complexity index is 475. The van der Waals surface area contributed by atoms with E-state index in [-0.39, 0.29) is 0 Å². The Balaban J connectivity index is 2.11. The van der Waals surface area contributed by atoms with Crippen molar-refractivity contribution in [3.05, 3.63) is 28.8 Å². The molecule has 0 aromatic heterocycles. The maximum Gasteiger partial charge on any atom is 0.105 e. The van der Waals surface area contributed by atoms with Crippen molar-refractivity contribution < 1.29 is 0 Å². The Kier molecular flexibility index (Phi) is 4.69. The van der Waals surface area contributed by atoms with E-state index in [4.69, 9.17) is 29.6 Å². The molecule has 2 rings (SSSR count). The van der Waals surface area contributed by atoms with Gasteiger partial charge in [0.1, 0.15) is 4.99 Å². The molecule has 1 saturated carbocycles. The van der Waals surface area contributed by atoms with Crippen LogP contribution in [0.1, 0.15) is 38.7 Å². The van der Waals surface area contributed by atoms with Gasteiger partial charge in [0.05, 0.1) is 5.02 Å². The molecule has 3 unspecified atom stereocenters. The van der Waals surface area contributed by atoms with Gasteiger partial charge in [-0.1, -0.05) is 50.5 Å². The predicted octanol–water partition coefficient (Wildman–Crippen LogP) is 4.21. The molecule has 0 saturated heterocycles. The Hall–Kier alpha value is -0.800. The molecule has 0 aliphatic heterocycles. The van der Waals surface area contributed by atoms with Gasteiger partial charge in [0, 0.05) is 17.3 Å². The first-order chi connectivity index (χ1) is 8.99. The van der Waals surface area contributed by atoms with Gasteiger partial charge >= 0.3 is 0 Å². The smallest absolute Gasteiger partial charge is 0.105 e. The highest BCUT2D eigenvalue weighted by molar-refractivity contribution is 7.80. The molecule has 0 heterocycles. The van der Waals surface area contributed by atoms with Crippen molar-refractivity contribution in [2.45, 2.75) is 39.2 Å². The average Bonchev–Trinajstić information content (AvgIpc) is 2.34. The summed E-state index contributed by atoms with van der Waals surface area (Å²) in [7, 11) is 0. The number of rotatable bonds is 3. The van der Waals surface area contributed by atoms with Crippen LogP contribution in [0.25, 0.3) is 0 Å². The zero-order valence-corrected chi connectivity index (χ0v) is 13.0. The lowest BCUT2D eigenvalue weighted by atomic mass is 9.78. The second kappa shape index (κ2) is 6.10. The van der Waals surface area contributed by atoms with E-state index in [9.17, 15) is 0 Å². The molecule has 2 nitrogen and oxygen atoms in total. The number of halogens is 1. The van der Waals surface area contributed by atoms with E-state index in [0.717, 1.165) is 17.2 Å². The first-order valence-electron chi connectivity index (χ1n) is 6.85. The molecule has 0 radical (unpaired) electrons. The van der Waals surface area contributed by atoms with E-state index in [0.29, 0.717) is 22.0 Å². The molecule has 1 aromatic carbocycles. The molecule has 104 valence electrons. The van der Waals surface area contributed by atoms with E-state index < -0.39 is 0 Å². The van der Waals surface area contributed by atoms with Gasteiger partial charge in [-0.05, 0) is 36.5 Å². The summed E-state index contributed by atoms with van der Waals surface area (Å²) >= 11 is 11.2. The first kappa shape index (κ1) is 14.6. The first-order valence-corrected chi connectivity index (χ1v) is 7.63. The van der Waals surface area contributed by atoms with Gasteiger partial charge in [0.2, 0.25) is 0 Å². The Morgan fingerprint density at radius 1 is 1.37 bits per heavy atom.